The lowest BCUT2D eigenvalue weighted by atomic mass is 9.92. The van der Waals surface area contributed by atoms with Gasteiger partial charge in [-0.25, -0.2) is 14.0 Å². The number of anilines is 3. The quantitative estimate of drug-likeness (QED) is 0.192. The van der Waals surface area contributed by atoms with Crippen LogP contribution in [0.3, 0.4) is 0 Å². The molecule has 0 saturated heterocycles. The van der Waals surface area contributed by atoms with Gasteiger partial charge in [0.25, 0.3) is 0 Å². The third-order valence-corrected chi connectivity index (χ3v) is 7.92. The normalized spacial score (nSPS) is 13.4. The Morgan fingerprint density at radius 2 is 1.62 bits per heavy atom. The third kappa shape index (κ3) is 7.09. The summed E-state index contributed by atoms with van der Waals surface area (Å²) in [5.41, 5.74) is 4.77. The molecule has 0 radical (unpaired) electrons. The van der Waals surface area contributed by atoms with Crippen molar-refractivity contribution in [2.75, 3.05) is 15.5 Å². The summed E-state index contributed by atoms with van der Waals surface area (Å²) in [4.78, 5) is 27.6. The molecule has 0 spiro atoms. The topological polar surface area (TPSA) is 81.7 Å². The van der Waals surface area contributed by atoms with E-state index in [1.807, 2.05) is 61.5 Å². The molecule has 0 aromatic heterocycles. The number of rotatable bonds is 8. The van der Waals surface area contributed by atoms with Crippen LogP contribution in [0.1, 0.15) is 53.6 Å². The average molecular weight is 586 g/mol. The third-order valence-electron chi connectivity index (χ3n) is 7.67. The zero-order valence-electron chi connectivity index (χ0n) is 23.4. The monoisotopic (exact) mass is 585 g/mol. The summed E-state index contributed by atoms with van der Waals surface area (Å²) in [5.74, 6) is -1.70. The van der Waals surface area contributed by atoms with E-state index in [0.29, 0.717) is 28.5 Å². The van der Waals surface area contributed by atoms with E-state index in [0.717, 1.165) is 48.6 Å². The van der Waals surface area contributed by atoms with Crippen LogP contribution < -0.4 is 15.5 Å². The number of hydrogen-bond acceptors (Lipinski definition) is 3. The molecular formula is C34H33ClFN3O3. The molecular weight excluding hydrogens is 553 g/mol. The summed E-state index contributed by atoms with van der Waals surface area (Å²) in [6.07, 6.45) is 5.43. The van der Waals surface area contributed by atoms with Crippen molar-refractivity contribution in [3.8, 4) is 11.1 Å². The largest absolute Gasteiger partial charge is 0.478 e. The summed E-state index contributed by atoms with van der Waals surface area (Å²) < 4.78 is 14.3. The van der Waals surface area contributed by atoms with Gasteiger partial charge in [-0.05, 0) is 91.1 Å². The predicted molar refractivity (Wildman–Crippen MR) is 167 cm³/mol. The van der Waals surface area contributed by atoms with Gasteiger partial charge in [0.05, 0.1) is 16.9 Å². The Morgan fingerprint density at radius 3 is 2.31 bits per heavy atom. The number of aromatic carboxylic acids is 1. The second kappa shape index (κ2) is 13.1. The second-order valence-electron chi connectivity index (χ2n) is 10.7. The maximum absolute atomic E-state index is 14.3. The fourth-order valence-corrected chi connectivity index (χ4v) is 5.63. The van der Waals surface area contributed by atoms with Crippen LogP contribution >= 0.6 is 11.6 Å². The average Bonchev–Trinajstić information content (AvgIpc) is 2.98. The minimum Gasteiger partial charge on any atom is -0.478 e. The first-order valence-electron chi connectivity index (χ1n) is 14.1. The molecule has 6 nitrogen and oxygen atoms in total. The van der Waals surface area contributed by atoms with Crippen molar-refractivity contribution in [3.63, 3.8) is 0 Å². The smallest absolute Gasteiger partial charge is 0.336 e. The molecule has 1 fully saturated rings. The first-order chi connectivity index (χ1) is 20.3. The first-order valence-corrected chi connectivity index (χ1v) is 14.5. The lowest BCUT2D eigenvalue weighted by Crippen LogP contribution is -2.37. The van der Waals surface area contributed by atoms with Gasteiger partial charge in [0, 0.05) is 23.3 Å². The van der Waals surface area contributed by atoms with Gasteiger partial charge < -0.3 is 20.6 Å². The van der Waals surface area contributed by atoms with E-state index in [2.05, 4.69) is 15.5 Å². The fraction of sp³-hybridized carbons (Fsp3) is 0.235. The molecule has 0 aliphatic heterocycles. The fourth-order valence-electron chi connectivity index (χ4n) is 5.51. The predicted octanol–water partition coefficient (Wildman–Crippen LogP) is 9.14. The van der Waals surface area contributed by atoms with Crippen LogP contribution in [0.15, 0.2) is 84.9 Å². The zero-order valence-corrected chi connectivity index (χ0v) is 24.1. The lowest BCUT2D eigenvalue weighted by molar-refractivity contribution is 0.0697. The molecule has 1 saturated carbocycles. The number of carbonyl (C=O) groups excluding carboxylic acids is 1. The molecule has 4 aromatic carbocycles. The Labute approximate surface area is 250 Å². The molecule has 3 N–H and O–H groups in total. The van der Waals surface area contributed by atoms with E-state index in [-0.39, 0.29) is 17.2 Å². The molecule has 2 amide bonds. The Balaban J connectivity index is 1.58. The number of carboxylic acids is 1. The van der Waals surface area contributed by atoms with E-state index in [4.69, 9.17) is 11.6 Å². The standard InChI is InChI=1S/C34H33ClFN3O3/c1-22-7-15-27(16-8-22)37-34(42)38-31-19-24(30-20-26(36)14-17-29(30)33(40)41)11-18-32(31)39(28-5-3-2-4-6-28)21-23-9-12-25(35)13-10-23/h7-20,28H,2-6,21H2,1H3,(H,40,41)(H2,37,38,42). The van der Waals surface area contributed by atoms with Crippen molar-refractivity contribution in [2.24, 2.45) is 0 Å². The van der Waals surface area contributed by atoms with Gasteiger partial charge in [0.2, 0.25) is 0 Å². The maximum Gasteiger partial charge on any atom is 0.336 e. The van der Waals surface area contributed by atoms with Gasteiger partial charge in [-0.2, -0.15) is 0 Å². The number of halogens is 2. The van der Waals surface area contributed by atoms with Gasteiger partial charge in [-0.1, -0.05) is 66.8 Å². The number of carboxylic acid groups (broad SMARTS) is 1. The van der Waals surface area contributed by atoms with Crippen LogP contribution in [0.4, 0.5) is 26.2 Å². The number of nitrogens with zero attached hydrogens (tertiary/aromatic N) is 1. The molecule has 4 aromatic rings. The number of carbonyl (C=O) groups is 2. The van der Waals surface area contributed by atoms with Crippen molar-refractivity contribution >= 4 is 40.7 Å². The van der Waals surface area contributed by atoms with E-state index in [1.54, 1.807) is 12.1 Å². The minimum atomic E-state index is -1.16. The number of amides is 2. The minimum absolute atomic E-state index is 0.0236. The Kier molecular flexibility index (Phi) is 9.08. The molecule has 42 heavy (non-hydrogen) atoms. The Hall–Kier alpha value is -4.36. The number of aryl methyl sites for hydroxylation is 1. The number of nitrogens with one attached hydrogen (secondary N) is 2. The van der Waals surface area contributed by atoms with Crippen molar-refractivity contribution in [1.82, 2.24) is 0 Å². The number of benzene rings is 4. The van der Waals surface area contributed by atoms with Gasteiger partial charge in [-0.3, -0.25) is 0 Å². The van der Waals surface area contributed by atoms with Crippen LogP contribution in [-0.2, 0) is 6.54 Å². The van der Waals surface area contributed by atoms with Crippen LogP contribution in [0.5, 0.6) is 0 Å². The Bertz CT molecular complexity index is 1570. The summed E-state index contributed by atoms with van der Waals surface area (Å²) in [7, 11) is 0. The first kappa shape index (κ1) is 29.1. The molecule has 5 rings (SSSR count). The van der Waals surface area contributed by atoms with Gasteiger partial charge in [0.1, 0.15) is 5.82 Å². The summed E-state index contributed by atoms with van der Waals surface area (Å²) in [6, 6.07) is 24.0. The highest BCUT2D eigenvalue weighted by molar-refractivity contribution is 6.30. The summed E-state index contributed by atoms with van der Waals surface area (Å²) in [6.45, 7) is 2.57. The summed E-state index contributed by atoms with van der Waals surface area (Å²) in [5, 5.41) is 16.3. The van der Waals surface area contributed by atoms with Crippen molar-refractivity contribution in [3.05, 3.63) is 112 Å². The molecule has 1 aliphatic rings. The van der Waals surface area contributed by atoms with Gasteiger partial charge in [-0.15, -0.1) is 0 Å². The number of hydrogen-bond donors (Lipinski definition) is 3. The second-order valence-corrected chi connectivity index (χ2v) is 11.2. The summed E-state index contributed by atoms with van der Waals surface area (Å²) >= 11 is 6.16. The van der Waals surface area contributed by atoms with E-state index in [1.165, 1.54) is 18.6 Å². The number of urea groups is 1. The van der Waals surface area contributed by atoms with Crippen LogP contribution in [-0.4, -0.2) is 23.1 Å². The van der Waals surface area contributed by atoms with Gasteiger partial charge >= 0.3 is 12.0 Å². The zero-order chi connectivity index (χ0) is 29.6. The highest BCUT2D eigenvalue weighted by Crippen LogP contribution is 2.38. The molecule has 0 atom stereocenters. The van der Waals surface area contributed by atoms with E-state index < -0.39 is 17.8 Å². The Morgan fingerprint density at radius 1 is 0.905 bits per heavy atom. The van der Waals surface area contributed by atoms with Crippen molar-refractivity contribution in [1.29, 1.82) is 0 Å². The van der Waals surface area contributed by atoms with Crippen molar-refractivity contribution < 1.29 is 19.1 Å². The lowest BCUT2D eigenvalue weighted by Gasteiger charge is -2.37. The molecule has 216 valence electrons. The highest BCUT2D eigenvalue weighted by atomic mass is 35.5. The maximum atomic E-state index is 14.3. The van der Waals surface area contributed by atoms with Crippen LogP contribution in [0.25, 0.3) is 11.1 Å². The molecule has 0 bridgehead atoms. The molecule has 0 heterocycles. The van der Waals surface area contributed by atoms with E-state index >= 15 is 0 Å². The van der Waals surface area contributed by atoms with Gasteiger partial charge in [0.15, 0.2) is 0 Å². The van der Waals surface area contributed by atoms with Crippen LogP contribution in [0.2, 0.25) is 5.02 Å². The molecule has 0 unspecified atom stereocenters. The molecule has 8 heteroatoms. The van der Waals surface area contributed by atoms with Crippen LogP contribution in [0, 0.1) is 12.7 Å². The van der Waals surface area contributed by atoms with E-state index in [9.17, 15) is 19.1 Å². The highest BCUT2D eigenvalue weighted by Gasteiger charge is 2.25. The SMILES string of the molecule is Cc1ccc(NC(=O)Nc2cc(-c3cc(F)ccc3C(=O)O)ccc2N(Cc2ccc(Cl)cc2)C2CCCCC2)cc1. The molecule has 1 aliphatic carbocycles. The van der Waals surface area contributed by atoms with Crippen molar-refractivity contribution in [2.45, 2.75) is 51.6 Å².